The Morgan fingerprint density at radius 1 is 1.41 bits per heavy atom. The van der Waals surface area contributed by atoms with Crippen LogP contribution in [-0.2, 0) is 4.79 Å². The average Bonchev–Trinajstić information content (AvgIpc) is 2.75. The molecule has 1 aliphatic rings. The Kier molecular flexibility index (Phi) is 3.29. The van der Waals surface area contributed by atoms with Crippen molar-refractivity contribution in [2.45, 2.75) is 25.4 Å². The van der Waals surface area contributed by atoms with E-state index in [2.05, 4.69) is 0 Å². The summed E-state index contributed by atoms with van der Waals surface area (Å²) in [4.78, 5) is 11.5. The molecule has 0 amide bonds. The van der Waals surface area contributed by atoms with Crippen LogP contribution in [0.2, 0.25) is 0 Å². The molecule has 0 bridgehead atoms. The Hall–Kier alpha value is -2.02. The highest BCUT2D eigenvalue weighted by Gasteiger charge is 2.27. The first-order valence-electron chi connectivity index (χ1n) is 5.52. The van der Waals surface area contributed by atoms with E-state index in [1.54, 1.807) is 18.2 Å². The highest BCUT2D eigenvalue weighted by atomic mass is 16.5. The van der Waals surface area contributed by atoms with E-state index in [1.807, 2.05) is 6.07 Å². The smallest absolute Gasteiger partial charge is 0.173 e. The lowest BCUT2D eigenvalue weighted by atomic mass is 10.2. The molecule has 0 aromatic heterocycles. The van der Waals surface area contributed by atoms with Crippen LogP contribution >= 0.6 is 0 Å². The summed E-state index contributed by atoms with van der Waals surface area (Å²) in [5.74, 6) is 1.15. The van der Waals surface area contributed by atoms with Crippen LogP contribution in [0.4, 0.5) is 0 Å². The van der Waals surface area contributed by atoms with Crippen molar-refractivity contribution in [2.75, 3.05) is 7.11 Å². The first-order valence-corrected chi connectivity index (χ1v) is 5.52. The third kappa shape index (κ3) is 2.39. The van der Waals surface area contributed by atoms with Crippen molar-refractivity contribution in [1.82, 2.24) is 0 Å². The molecule has 1 saturated carbocycles. The fourth-order valence-electron chi connectivity index (χ4n) is 1.90. The molecule has 1 aromatic rings. The highest BCUT2D eigenvalue weighted by molar-refractivity contribution is 5.85. The molecule has 1 atom stereocenters. The summed E-state index contributed by atoms with van der Waals surface area (Å²) in [6.45, 7) is 0. The Morgan fingerprint density at radius 2 is 2.24 bits per heavy atom. The van der Waals surface area contributed by atoms with Gasteiger partial charge in [-0.05, 0) is 25.0 Å². The fraction of sp³-hybridized carbons (Fsp3) is 0.385. The second-order valence-electron chi connectivity index (χ2n) is 3.94. The molecule has 0 saturated heterocycles. The molecule has 0 N–H and O–H groups in total. The van der Waals surface area contributed by atoms with E-state index in [4.69, 9.17) is 14.7 Å². The van der Waals surface area contributed by atoms with Crippen molar-refractivity contribution >= 4 is 5.78 Å². The van der Waals surface area contributed by atoms with Gasteiger partial charge in [0.15, 0.2) is 23.4 Å². The molecule has 1 aliphatic carbocycles. The Morgan fingerprint density at radius 3 is 2.82 bits per heavy atom. The van der Waals surface area contributed by atoms with Crippen LogP contribution in [0.25, 0.3) is 0 Å². The zero-order chi connectivity index (χ0) is 12.3. The quantitative estimate of drug-likeness (QED) is 0.799. The largest absolute Gasteiger partial charge is 0.493 e. The van der Waals surface area contributed by atoms with Gasteiger partial charge < -0.3 is 9.47 Å². The predicted octanol–water partition coefficient (Wildman–Crippen LogP) is 2.07. The molecule has 0 unspecified atom stereocenters. The number of Topliss-reactive ketones (excluding diaryl/α,β-unsaturated/α-hetero) is 1. The van der Waals surface area contributed by atoms with Gasteiger partial charge in [0, 0.05) is 12.5 Å². The van der Waals surface area contributed by atoms with Crippen molar-refractivity contribution in [2.24, 2.45) is 0 Å². The number of ketones is 1. The molecule has 1 fully saturated rings. The van der Waals surface area contributed by atoms with E-state index in [9.17, 15) is 4.79 Å². The third-order valence-electron chi connectivity index (χ3n) is 2.81. The molecule has 0 spiro atoms. The van der Waals surface area contributed by atoms with Crippen LogP contribution in [0.1, 0.15) is 24.8 Å². The third-order valence-corrected chi connectivity index (χ3v) is 2.81. The molecule has 2 rings (SSSR count). The Balaban J connectivity index is 2.20. The standard InChI is InChI=1S/C13H13NO3/c1-16-13-7-9(8-14)5-6-12(13)17-11-4-2-3-10(11)15/h5-7,11H,2-4H2,1H3/t11-/m0/s1. The summed E-state index contributed by atoms with van der Waals surface area (Å²) in [5.41, 5.74) is 0.506. The molecule has 0 aliphatic heterocycles. The Labute approximate surface area is 99.8 Å². The summed E-state index contributed by atoms with van der Waals surface area (Å²) >= 11 is 0. The highest BCUT2D eigenvalue weighted by Crippen LogP contribution is 2.31. The van der Waals surface area contributed by atoms with Crippen LogP contribution in [0, 0.1) is 11.3 Å². The first kappa shape index (κ1) is 11.5. The molecule has 0 radical (unpaired) electrons. The molecular formula is C13H13NO3. The number of hydrogen-bond acceptors (Lipinski definition) is 4. The van der Waals surface area contributed by atoms with E-state index in [0.29, 0.717) is 23.5 Å². The van der Waals surface area contributed by atoms with Crippen LogP contribution in [-0.4, -0.2) is 19.0 Å². The van der Waals surface area contributed by atoms with Crippen molar-refractivity contribution in [3.05, 3.63) is 23.8 Å². The second kappa shape index (κ2) is 4.88. The maximum atomic E-state index is 11.5. The van der Waals surface area contributed by atoms with Crippen molar-refractivity contribution in [3.63, 3.8) is 0 Å². The predicted molar refractivity (Wildman–Crippen MR) is 61.0 cm³/mol. The topological polar surface area (TPSA) is 59.3 Å². The molecule has 1 aromatic carbocycles. The van der Waals surface area contributed by atoms with Gasteiger partial charge in [0.1, 0.15) is 0 Å². The van der Waals surface area contributed by atoms with Crippen LogP contribution in [0.3, 0.4) is 0 Å². The van der Waals surface area contributed by atoms with Gasteiger partial charge in [-0.1, -0.05) is 0 Å². The molecule has 4 heteroatoms. The monoisotopic (exact) mass is 231 g/mol. The van der Waals surface area contributed by atoms with Gasteiger partial charge >= 0.3 is 0 Å². The summed E-state index contributed by atoms with van der Waals surface area (Å²) in [6.07, 6.45) is 1.85. The van der Waals surface area contributed by atoms with E-state index in [-0.39, 0.29) is 11.9 Å². The second-order valence-corrected chi connectivity index (χ2v) is 3.94. The fourth-order valence-corrected chi connectivity index (χ4v) is 1.90. The normalized spacial score (nSPS) is 18.8. The van der Waals surface area contributed by atoms with Crippen LogP contribution in [0.15, 0.2) is 18.2 Å². The number of carbonyl (C=O) groups is 1. The molecule has 4 nitrogen and oxygen atoms in total. The van der Waals surface area contributed by atoms with Crippen LogP contribution in [0.5, 0.6) is 11.5 Å². The lowest BCUT2D eigenvalue weighted by molar-refractivity contribution is -0.123. The number of nitrogens with zero attached hydrogens (tertiary/aromatic N) is 1. The van der Waals surface area contributed by atoms with E-state index in [0.717, 1.165) is 12.8 Å². The molecule has 0 heterocycles. The summed E-state index contributed by atoms with van der Waals surface area (Å²) in [7, 11) is 1.51. The zero-order valence-corrected chi connectivity index (χ0v) is 9.60. The minimum absolute atomic E-state index is 0.136. The van der Waals surface area contributed by atoms with Gasteiger partial charge in [0.05, 0.1) is 18.7 Å². The van der Waals surface area contributed by atoms with E-state index < -0.39 is 0 Å². The van der Waals surface area contributed by atoms with E-state index in [1.165, 1.54) is 7.11 Å². The SMILES string of the molecule is COc1cc(C#N)ccc1O[C@H]1CCCC1=O. The van der Waals surface area contributed by atoms with Gasteiger partial charge in [-0.15, -0.1) is 0 Å². The average molecular weight is 231 g/mol. The first-order chi connectivity index (χ1) is 8.24. The minimum Gasteiger partial charge on any atom is -0.493 e. The van der Waals surface area contributed by atoms with Crippen LogP contribution < -0.4 is 9.47 Å². The van der Waals surface area contributed by atoms with Gasteiger partial charge in [-0.25, -0.2) is 0 Å². The number of nitriles is 1. The van der Waals surface area contributed by atoms with Gasteiger partial charge in [-0.2, -0.15) is 5.26 Å². The maximum Gasteiger partial charge on any atom is 0.173 e. The minimum atomic E-state index is -0.364. The molecule has 17 heavy (non-hydrogen) atoms. The maximum absolute atomic E-state index is 11.5. The van der Waals surface area contributed by atoms with Crippen molar-refractivity contribution < 1.29 is 14.3 Å². The van der Waals surface area contributed by atoms with E-state index >= 15 is 0 Å². The van der Waals surface area contributed by atoms with Crippen molar-refractivity contribution in [1.29, 1.82) is 5.26 Å². The van der Waals surface area contributed by atoms with Gasteiger partial charge in [0.25, 0.3) is 0 Å². The lowest BCUT2D eigenvalue weighted by Gasteiger charge is -2.14. The van der Waals surface area contributed by atoms with Gasteiger partial charge in [-0.3, -0.25) is 4.79 Å². The number of rotatable bonds is 3. The number of ether oxygens (including phenoxy) is 2. The summed E-state index contributed by atoms with van der Waals surface area (Å²) in [6, 6.07) is 6.95. The lowest BCUT2D eigenvalue weighted by Crippen LogP contribution is -2.21. The summed E-state index contributed by atoms with van der Waals surface area (Å²) in [5, 5.41) is 8.77. The number of benzene rings is 1. The molecule has 88 valence electrons. The van der Waals surface area contributed by atoms with Gasteiger partial charge in [0.2, 0.25) is 0 Å². The number of hydrogen-bond donors (Lipinski definition) is 0. The number of methoxy groups -OCH3 is 1. The zero-order valence-electron chi connectivity index (χ0n) is 9.60. The summed E-state index contributed by atoms with van der Waals surface area (Å²) < 4.78 is 10.8. The molecular weight excluding hydrogens is 218 g/mol. The Bertz CT molecular complexity index is 476. The number of carbonyl (C=O) groups excluding carboxylic acids is 1. The van der Waals surface area contributed by atoms with Crippen molar-refractivity contribution in [3.8, 4) is 17.6 Å².